The third-order valence-corrected chi connectivity index (χ3v) is 5.04. The van der Waals surface area contributed by atoms with Crippen molar-refractivity contribution in [2.75, 3.05) is 40.3 Å². The van der Waals surface area contributed by atoms with Gasteiger partial charge in [-0.05, 0) is 29.9 Å². The second kappa shape index (κ2) is 10.4. The molecule has 126 valence electrons. The van der Waals surface area contributed by atoms with Crippen molar-refractivity contribution in [2.24, 2.45) is 4.99 Å². The standard InChI is InChI=1S/C16H28N4S.HI/c1-4-5-9-19(3)16(17-2)18-8-11-20-10-6-15-14(13-20)7-12-21-15;/h7,12H,4-6,8-11,13H2,1-3H3,(H,17,18);1H. The molecule has 0 saturated heterocycles. The first-order valence-corrected chi connectivity index (χ1v) is 8.82. The normalized spacial score (nSPS) is 15.1. The van der Waals surface area contributed by atoms with Gasteiger partial charge >= 0.3 is 0 Å². The zero-order chi connectivity index (χ0) is 15.1. The molecule has 2 heterocycles. The smallest absolute Gasteiger partial charge is 0.193 e. The Morgan fingerprint density at radius 2 is 2.32 bits per heavy atom. The highest BCUT2D eigenvalue weighted by atomic mass is 127. The predicted octanol–water partition coefficient (Wildman–Crippen LogP) is 3.03. The highest BCUT2D eigenvalue weighted by Crippen LogP contribution is 2.23. The van der Waals surface area contributed by atoms with Crippen LogP contribution in [0, 0.1) is 0 Å². The second-order valence-electron chi connectivity index (χ2n) is 5.64. The number of nitrogens with zero attached hydrogens (tertiary/aromatic N) is 3. The van der Waals surface area contributed by atoms with Crippen molar-refractivity contribution in [3.63, 3.8) is 0 Å². The molecule has 0 aliphatic carbocycles. The molecule has 0 fully saturated rings. The molecule has 0 spiro atoms. The summed E-state index contributed by atoms with van der Waals surface area (Å²) in [4.78, 5) is 10.7. The van der Waals surface area contributed by atoms with Crippen molar-refractivity contribution in [3.8, 4) is 0 Å². The number of thiophene rings is 1. The third kappa shape index (κ3) is 5.70. The van der Waals surface area contributed by atoms with Crippen molar-refractivity contribution >= 4 is 41.3 Å². The van der Waals surface area contributed by atoms with Crippen LogP contribution in [0.25, 0.3) is 0 Å². The minimum Gasteiger partial charge on any atom is -0.355 e. The topological polar surface area (TPSA) is 30.9 Å². The van der Waals surface area contributed by atoms with E-state index in [-0.39, 0.29) is 24.0 Å². The van der Waals surface area contributed by atoms with Gasteiger partial charge in [-0.1, -0.05) is 13.3 Å². The van der Waals surface area contributed by atoms with E-state index in [1.165, 1.54) is 31.4 Å². The summed E-state index contributed by atoms with van der Waals surface area (Å²) >= 11 is 1.90. The van der Waals surface area contributed by atoms with Crippen LogP contribution in [0.4, 0.5) is 0 Å². The first-order valence-electron chi connectivity index (χ1n) is 7.94. The molecular formula is C16H29IN4S. The molecule has 22 heavy (non-hydrogen) atoms. The molecule has 1 aromatic heterocycles. The van der Waals surface area contributed by atoms with Gasteiger partial charge in [-0.3, -0.25) is 9.89 Å². The number of hydrogen-bond donors (Lipinski definition) is 1. The number of aliphatic imine (C=N–C) groups is 1. The zero-order valence-electron chi connectivity index (χ0n) is 14.0. The Labute approximate surface area is 156 Å². The number of unbranched alkanes of at least 4 members (excludes halogenated alkanes) is 1. The molecule has 0 amide bonds. The largest absolute Gasteiger partial charge is 0.355 e. The van der Waals surface area contributed by atoms with E-state index in [0.29, 0.717) is 0 Å². The van der Waals surface area contributed by atoms with Gasteiger partial charge in [0.05, 0.1) is 0 Å². The summed E-state index contributed by atoms with van der Waals surface area (Å²) in [6, 6.07) is 2.27. The molecule has 1 aliphatic rings. The van der Waals surface area contributed by atoms with Crippen molar-refractivity contribution in [3.05, 3.63) is 21.9 Å². The van der Waals surface area contributed by atoms with E-state index in [0.717, 1.165) is 32.1 Å². The van der Waals surface area contributed by atoms with E-state index < -0.39 is 0 Å². The Hall–Kier alpha value is -0.340. The Morgan fingerprint density at radius 1 is 1.50 bits per heavy atom. The Bertz CT molecular complexity index is 461. The lowest BCUT2D eigenvalue weighted by molar-refractivity contribution is 0.259. The lowest BCUT2D eigenvalue weighted by Crippen LogP contribution is -2.43. The Balaban J connectivity index is 0.00000242. The van der Waals surface area contributed by atoms with Gasteiger partial charge in [0.2, 0.25) is 0 Å². The number of nitrogens with one attached hydrogen (secondary N) is 1. The molecule has 6 heteroatoms. The van der Waals surface area contributed by atoms with Crippen LogP contribution in [0.15, 0.2) is 16.4 Å². The summed E-state index contributed by atoms with van der Waals surface area (Å²) in [5.74, 6) is 1.01. The highest BCUT2D eigenvalue weighted by molar-refractivity contribution is 14.0. The Kier molecular flexibility index (Phi) is 9.35. The molecule has 1 aromatic rings. The van der Waals surface area contributed by atoms with E-state index >= 15 is 0 Å². The minimum atomic E-state index is 0. The van der Waals surface area contributed by atoms with E-state index in [1.807, 2.05) is 18.4 Å². The van der Waals surface area contributed by atoms with Gasteiger partial charge in [0.15, 0.2) is 5.96 Å². The van der Waals surface area contributed by atoms with Gasteiger partial charge in [0, 0.05) is 51.7 Å². The fourth-order valence-corrected chi connectivity index (χ4v) is 3.60. The van der Waals surface area contributed by atoms with Crippen LogP contribution in [-0.4, -0.2) is 56.0 Å². The number of rotatable bonds is 6. The maximum absolute atomic E-state index is 4.37. The zero-order valence-corrected chi connectivity index (χ0v) is 17.1. The van der Waals surface area contributed by atoms with Gasteiger partial charge < -0.3 is 10.2 Å². The molecule has 1 aliphatic heterocycles. The molecule has 0 unspecified atom stereocenters. The predicted molar refractivity (Wildman–Crippen MR) is 108 cm³/mol. The van der Waals surface area contributed by atoms with Crippen LogP contribution in [0.1, 0.15) is 30.2 Å². The minimum absolute atomic E-state index is 0. The molecule has 4 nitrogen and oxygen atoms in total. The number of halogens is 1. The lowest BCUT2D eigenvalue weighted by Gasteiger charge is -2.28. The molecule has 0 radical (unpaired) electrons. The van der Waals surface area contributed by atoms with Gasteiger partial charge in [0.1, 0.15) is 0 Å². The number of hydrogen-bond acceptors (Lipinski definition) is 3. The van der Waals surface area contributed by atoms with Gasteiger partial charge in [0.25, 0.3) is 0 Å². The van der Waals surface area contributed by atoms with Gasteiger partial charge in [-0.25, -0.2) is 0 Å². The van der Waals surface area contributed by atoms with Crippen molar-refractivity contribution in [1.29, 1.82) is 0 Å². The van der Waals surface area contributed by atoms with Crippen LogP contribution in [0.3, 0.4) is 0 Å². The fourth-order valence-electron chi connectivity index (χ4n) is 2.71. The molecule has 0 aromatic carbocycles. The fraction of sp³-hybridized carbons (Fsp3) is 0.688. The van der Waals surface area contributed by atoms with Gasteiger partial charge in [-0.2, -0.15) is 0 Å². The molecule has 1 N–H and O–H groups in total. The molecule has 0 atom stereocenters. The third-order valence-electron chi connectivity index (χ3n) is 4.02. The lowest BCUT2D eigenvalue weighted by atomic mass is 10.1. The molecule has 0 bridgehead atoms. The summed E-state index contributed by atoms with van der Waals surface area (Å²) in [6.07, 6.45) is 3.64. The maximum atomic E-state index is 4.37. The van der Waals surface area contributed by atoms with E-state index in [1.54, 1.807) is 4.88 Å². The average molecular weight is 436 g/mol. The average Bonchev–Trinajstić information content (AvgIpc) is 2.96. The van der Waals surface area contributed by atoms with Gasteiger partial charge in [-0.15, -0.1) is 35.3 Å². The van der Waals surface area contributed by atoms with Crippen LogP contribution in [-0.2, 0) is 13.0 Å². The summed E-state index contributed by atoms with van der Waals surface area (Å²) < 4.78 is 0. The monoisotopic (exact) mass is 436 g/mol. The number of fused-ring (bicyclic) bond motifs is 1. The highest BCUT2D eigenvalue weighted by Gasteiger charge is 2.16. The second-order valence-corrected chi connectivity index (χ2v) is 6.64. The maximum Gasteiger partial charge on any atom is 0.193 e. The van der Waals surface area contributed by atoms with Crippen molar-refractivity contribution < 1.29 is 0 Å². The van der Waals surface area contributed by atoms with E-state index in [2.05, 4.69) is 45.5 Å². The van der Waals surface area contributed by atoms with E-state index in [4.69, 9.17) is 0 Å². The van der Waals surface area contributed by atoms with Crippen molar-refractivity contribution in [2.45, 2.75) is 32.7 Å². The van der Waals surface area contributed by atoms with Crippen LogP contribution >= 0.6 is 35.3 Å². The SMILES string of the molecule is CCCCN(C)C(=NC)NCCN1CCc2sccc2C1.I. The molecule has 2 rings (SSSR count). The van der Waals surface area contributed by atoms with Crippen LogP contribution in [0.5, 0.6) is 0 Å². The summed E-state index contributed by atoms with van der Waals surface area (Å²) in [5, 5.41) is 5.70. The summed E-state index contributed by atoms with van der Waals surface area (Å²) in [7, 11) is 3.98. The molecular weight excluding hydrogens is 407 g/mol. The number of guanidine groups is 1. The molecule has 0 saturated carbocycles. The van der Waals surface area contributed by atoms with Crippen molar-refractivity contribution in [1.82, 2.24) is 15.1 Å². The Morgan fingerprint density at radius 3 is 3.05 bits per heavy atom. The summed E-state index contributed by atoms with van der Waals surface area (Å²) in [5.41, 5.74) is 1.52. The van der Waals surface area contributed by atoms with Crippen LogP contribution < -0.4 is 5.32 Å². The summed E-state index contributed by atoms with van der Waals surface area (Å²) in [6.45, 7) is 7.61. The quantitative estimate of drug-likeness (QED) is 0.423. The first kappa shape index (κ1) is 19.7. The van der Waals surface area contributed by atoms with Crippen LogP contribution in [0.2, 0.25) is 0 Å². The van der Waals surface area contributed by atoms with E-state index in [9.17, 15) is 0 Å². The first-order chi connectivity index (χ1) is 10.2.